The van der Waals surface area contributed by atoms with Crippen molar-refractivity contribution in [2.24, 2.45) is 5.92 Å². The Morgan fingerprint density at radius 1 is 1.14 bits per heavy atom. The fraction of sp³-hybridized carbons (Fsp3) is 0.485. The number of aromatic nitrogens is 3. The molecule has 3 aliphatic rings. The van der Waals surface area contributed by atoms with Crippen LogP contribution in [0.5, 0.6) is 11.8 Å². The molecule has 0 radical (unpaired) electrons. The summed E-state index contributed by atoms with van der Waals surface area (Å²) < 4.78 is 38.0. The summed E-state index contributed by atoms with van der Waals surface area (Å²) in [5, 5.41) is 22.1. The summed E-state index contributed by atoms with van der Waals surface area (Å²) in [5.41, 5.74) is 0.663. The van der Waals surface area contributed by atoms with E-state index in [0.717, 1.165) is 45.2 Å². The second-order valence-electron chi connectivity index (χ2n) is 12.5. The third-order valence-electron chi connectivity index (χ3n) is 9.74. The van der Waals surface area contributed by atoms with Crippen LogP contribution in [0.15, 0.2) is 30.5 Å². The zero-order chi connectivity index (χ0) is 29.9. The van der Waals surface area contributed by atoms with Gasteiger partial charge in [0.2, 0.25) is 0 Å². The first-order valence-electron chi connectivity index (χ1n) is 15.4. The molecule has 0 aliphatic carbocycles. The number of phenols is 1. The molecule has 0 amide bonds. The van der Waals surface area contributed by atoms with E-state index in [1.165, 1.54) is 18.3 Å². The molecule has 2 aromatic heterocycles. The van der Waals surface area contributed by atoms with Gasteiger partial charge in [0.05, 0.1) is 23.6 Å². The van der Waals surface area contributed by atoms with Gasteiger partial charge in [0, 0.05) is 24.8 Å². The zero-order valence-electron chi connectivity index (χ0n) is 24.6. The van der Waals surface area contributed by atoms with E-state index in [1.54, 1.807) is 12.1 Å². The number of halogens is 2. The molecule has 10 heteroatoms. The molecule has 3 saturated heterocycles. The number of aliphatic hydroxyl groups is 1. The van der Waals surface area contributed by atoms with Crippen molar-refractivity contribution in [3.8, 4) is 23.0 Å². The van der Waals surface area contributed by atoms with E-state index >= 15 is 4.39 Å². The Morgan fingerprint density at radius 2 is 2.00 bits per heavy atom. The van der Waals surface area contributed by atoms with Gasteiger partial charge in [-0.05, 0) is 85.5 Å². The fourth-order valence-corrected chi connectivity index (χ4v) is 7.85. The fourth-order valence-electron chi connectivity index (χ4n) is 7.85. The summed E-state index contributed by atoms with van der Waals surface area (Å²) in [6.07, 6.45) is 6.79. The molecule has 3 aliphatic heterocycles. The summed E-state index contributed by atoms with van der Waals surface area (Å²) >= 11 is 0. The molecule has 7 rings (SSSR count). The number of hydrogen-bond acceptors (Lipinski definition) is 8. The van der Waals surface area contributed by atoms with Crippen LogP contribution in [0.4, 0.5) is 14.6 Å². The van der Waals surface area contributed by atoms with Crippen molar-refractivity contribution < 1.29 is 23.7 Å². The van der Waals surface area contributed by atoms with E-state index in [9.17, 15) is 14.6 Å². The number of nitrogens with zero attached hydrogens (tertiary/aromatic N) is 5. The molecular weight excluding hydrogens is 552 g/mol. The minimum atomic E-state index is -0.695. The third kappa shape index (κ3) is 4.66. The lowest BCUT2D eigenvalue weighted by atomic mass is 9.92. The minimum Gasteiger partial charge on any atom is -0.508 e. The Hall–Kier alpha value is -3.63. The molecule has 3 atom stereocenters. The van der Waals surface area contributed by atoms with Crippen LogP contribution in [-0.2, 0) is 6.42 Å². The second-order valence-corrected chi connectivity index (χ2v) is 12.5. The largest absolute Gasteiger partial charge is 0.508 e. The number of pyridine rings is 1. The molecule has 2 aromatic carbocycles. The van der Waals surface area contributed by atoms with Crippen LogP contribution in [0.3, 0.4) is 0 Å². The first kappa shape index (κ1) is 28.2. The van der Waals surface area contributed by atoms with Crippen molar-refractivity contribution in [1.82, 2.24) is 19.9 Å². The normalized spacial score (nSPS) is 24.0. The lowest BCUT2D eigenvalue weighted by Crippen LogP contribution is -2.43. The highest BCUT2D eigenvalue weighted by atomic mass is 19.1. The van der Waals surface area contributed by atoms with E-state index in [1.807, 2.05) is 11.8 Å². The Labute approximate surface area is 249 Å². The molecule has 0 saturated carbocycles. The Morgan fingerprint density at radius 3 is 2.81 bits per heavy atom. The van der Waals surface area contributed by atoms with E-state index in [0.29, 0.717) is 58.6 Å². The number of aliphatic hydroxyl groups excluding tert-OH is 1. The van der Waals surface area contributed by atoms with Gasteiger partial charge in [-0.1, -0.05) is 19.9 Å². The van der Waals surface area contributed by atoms with Gasteiger partial charge in [0.15, 0.2) is 5.82 Å². The number of rotatable bonds is 7. The Balaban J connectivity index is 1.39. The smallest absolute Gasteiger partial charge is 0.319 e. The number of benzene rings is 2. The van der Waals surface area contributed by atoms with E-state index in [2.05, 4.69) is 21.8 Å². The van der Waals surface area contributed by atoms with Crippen molar-refractivity contribution in [2.75, 3.05) is 37.7 Å². The number of fused-ring (bicyclic) bond motifs is 3. The van der Waals surface area contributed by atoms with Crippen LogP contribution in [0.2, 0.25) is 0 Å². The van der Waals surface area contributed by atoms with Crippen molar-refractivity contribution in [3.05, 3.63) is 47.7 Å². The van der Waals surface area contributed by atoms with Crippen LogP contribution in [0.1, 0.15) is 51.5 Å². The predicted octanol–water partition coefficient (Wildman–Crippen LogP) is 5.61. The first-order chi connectivity index (χ1) is 20.8. The third-order valence-corrected chi connectivity index (χ3v) is 9.74. The maximum Gasteiger partial charge on any atom is 0.319 e. The van der Waals surface area contributed by atoms with Gasteiger partial charge in [-0.15, -0.1) is 0 Å². The Kier molecular flexibility index (Phi) is 7.09. The average molecular weight is 590 g/mol. The molecule has 8 nitrogen and oxygen atoms in total. The second kappa shape index (κ2) is 10.8. The van der Waals surface area contributed by atoms with Gasteiger partial charge in [-0.25, -0.2) is 8.78 Å². The van der Waals surface area contributed by atoms with Gasteiger partial charge in [0.1, 0.15) is 35.2 Å². The molecule has 4 aromatic rings. The summed E-state index contributed by atoms with van der Waals surface area (Å²) in [5.74, 6) is -0.101. The van der Waals surface area contributed by atoms with Crippen LogP contribution < -0.4 is 9.64 Å². The zero-order valence-corrected chi connectivity index (χ0v) is 24.6. The highest BCUT2D eigenvalue weighted by Crippen LogP contribution is 2.43. The molecular formula is C33H37F2N5O3. The number of anilines is 1. The molecule has 5 heterocycles. The van der Waals surface area contributed by atoms with Gasteiger partial charge in [-0.3, -0.25) is 9.88 Å². The van der Waals surface area contributed by atoms with Crippen LogP contribution in [0, 0.1) is 17.6 Å². The van der Waals surface area contributed by atoms with E-state index < -0.39 is 11.6 Å². The lowest BCUT2D eigenvalue weighted by molar-refractivity contribution is 0.107. The number of ether oxygens (including phenoxy) is 1. The monoisotopic (exact) mass is 589 g/mol. The quantitative estimate of drug-likeness (QED) is 0.288. The van der Waals surface area contributed by atoms with Crippen molar-refractivity contribution in [1.29, 1.82) is 0 Å². The van der Waals surface area contributed by atoms with Crippen LogP contribution in [-0.4, -0.2) is 74.5 Å². The number of aryl methyl sites for hydroxylation is 1. The van der Waals surface area contributed by atoms with Crippen molar-refractivity contribution in [3.63, 3.8) is 0 Å². The van der Waals surface area contributed by atoms with Gasteiger partial charge < -0.3 is 19.8 Å². The van der Waals surface area contributed by atoms with E-state index in [4.69, 9.17) is 9.72 Å². The first-order valence-corrected chi connectivity index (χ1v) is 15.4. The molecule has 226 valence electrons. The van der Waals surface area contributed by atoms with Gasteiger partial charge >= 0.3 is 6.01 Å². The van der Waals surface area contributed by atoms with Gasteiger partial charge in [0.25, 0.3) is 0 Å². The standard InChI is InChI=1S/C33H37F2N5O3/c1-3-23-26(34)8-7-20-12-22(42)13-24(27(20)23)29-28(35)30-25(15-36-29)31(40-11-4-6-21(40)17-41)38-32(37-30)43-18-33-9-5-10-39(33)16-19(2)14-33/h7-8,12-13,15,19,21,41-42H,3-6,9-11,14,16-18H2,1-2H3/t19-,21-,33+/m1/s1. The Bertz CT molecular complexity index is 1720. The summed E-state index contributed by atoms with van der Waals surface area (Å²) in [6, 6.07) is 5.84. The lowest BCUT2D eigenvalue weighted by Gasteiger charge is -2.31. The number of phenolic OH excluding ortho intramolecular Hbond substituents is 1. The molecule has 0 spiro atoms. The average Bonchev–Trinajstić information content (AvgIpc) is 3.70. The summed E-state index contributed by atoms with van der Waals surface area (Å²) in [6.45, 7) is 7.22. The molecule has 0 bridgehead atoms. The van der Waals surface area contributed by atoms with Crippen molar-refractivity contribution >= 4 is 27.5 Å². The molecule has 2 N–H and O–H groups in total. The SMILES string of the molecule is CCc1c(F)ccc2cc(O)cc(-c3ncc4c(N5CCC[C@@H]5CO)nc(OC[C@@]56CCCN5C[C@H](C)C6)nc4c3F)c12. The molecule has 43 heavy (non-hydrogen) atoms. The van der Waals surface area contributed by atoms with Crippen LogP contribution in [0.25, 0.3) is 32.9 Å². The predicted molar refractivity (Wildman–Crippen MR) is 162 cm³/mol. The molecule has 3 fully saturated rings. The van der Waals surface area contributed by atoms with Crippen LogP contribution >= 0.6 is 0 Å². The summed E-state index contributed by atoms with van der Waals surface area (Å²) in [7, 11) is 0. The van der Waals surface area contributed by atoms with E-state index in [-0.39, 0.29) is 41.2 Å². The minimum absolute atomic E-state index is 0.0328. The highest BCUT2D eigenvalue weighted by Gasteiger charge is 2.47. The maximum atomic E-state index is 16.7. The number of hydrogen-bond donors (Lipinski definition) is 2. The summed E-state index contributed by atoms with van der Waals surface area (Å²) in [4.78, 5) is 18.4. The molecule has 0 unspecified atom stereocenters. The number of aromatic hydroxyl groups is 1. The topological polar surface area (TPSA) is 94.8 Å². The van der Waals surface area contributed by atoms with Crippen molar-refractivity contribution in [2.45, 2.75) is 64.0 Å². The van der Waals surface area contributed by atoms with Gasteiger partial charge in [-0.2, -0.15) is 9.97 Å². The highest BCUT2D eigenvalue weighted by molar-refractivity contribution is 6.01. The maximum absolute atomic E-state index is 16.7.